The number of nitrogens with zero attached hydrogens (tertiary/aromatic N) is 3. The van der Waals surface area contributed by atoms with Crippen LogP contribution in [0.25, 0.3) is 0 Å². The number of nitro groups is 1. The second kappa shape index (κ2) is 6.29. The van der Waals surface area contributed by atoms with Crippen molar-refractivity contribution in [3.05, 3.63) is 52.0 Å². The van der Waals surface area contributed by atoms with E-state index in [1.165, 1.54) is 18.3 Å². The van der Waals surface area contributed by atoms with Crippen LogP contribution in [0.2, 0.25) is 0 Å². The molecule has 2 aromatic rings. The summed E-state index contributed by atoms with van der Waals surface area (Å²) in [5.41, 5.74) is 1.43. The third-order valence-corrected chi connectivity index (χ3v) is 2.06. The van der Waals surface area contributed by atoms with Gasteiger partial charge < -0.3 is 20.3 Å². The third kappa shape index (κ3) is 4.58. The molecule has 0 saturated heterocycles. The van der Waals surface area contributed by atoms with Crippen LogP contribution in [0.1, 0.15) is 11.4 Å². The van der Waals surface area contributed by atoms with E-state index < -0.39 is 16.5 Å². The quantitative estimate of drug-likeness (QED) is 0.602. The summed E-state index contributed by atoms with van der Waals surface area (Å²) in [6.07, 6.45) is 1.43. The maximum absolute atomic E-state index is 10.2. The fraction of sp³-hybridized carbons (Fsp3) is 0.167. The number of hydrogen-bond acceptors (Lipinski definition) is 6. The largest absolute Gasteiger partial charge is 0.506 e. The van der Waals surface area contributed by atoms with E-state index in [1.54, 1.807) is 19.1 Å². The van der Waals surface area contributed by atoms with Gasteiger partial charge in [0, 0.05) is 12.6 Å². The number of hydrogen-bond donors (Lipinski definition) is 2. The zero-order chi connectivity index (χ0) is 14.4. The molecule has 2 heterocycles. The molecule has 0 aliphatic carbocycles. The van der Waals surface area contributed by atoms with E-state index in [4.69, 9.17) is 10.2 Å². The van der Waals surface area contributed by atoms with Crippen molar-refractivity contribution in [3.63, 3.8) is 0 Å². The lowest BCUT2D eigenvalue weighted by atomic mass is 10.3. The molecule has 7 heteroatoms. The number of aromatic nitrogens is 2. The van der Waals surface area contributed by atoms with Crippen LogP contribution in [-0.4, -0.2) is 25.1 Å². The van der Waals surface area contributed by atoms with E-state index in [0.717, 1.165) is 5.69 Å². The van der Waals surface area contributed by atoms with Crippen LogP contribution >= 0.6 is 0 Å². The molecule has 0 fully saturated rings. The fourth-order valence-electron chi connectivity index (χ4n) is 1.13. The molecule has 100 valence electrons. The first-order valence-corrected chi connectivity index (χ1v) is 5.33. The molecular formula is C12H13N3O4. The smallest absolute Gasteiger partial charge is 0.406 e. The van der Waals surface area contributed by atoms with Crippen LogP contribution in [0.3, 0.4) is 0 Å². The lowest BCUT2D eigenvalue weighted by Crippen LogP contribution is -1.93. The zero-order valence-electron chi connectivity index (χ0n) is 10.4. The standard InChI is InChI=1S/C6H6N2O3.C6H7NO/c1-4-2-3-5(9)6(7-4)8(10)11;1-5-2-3-6(8)4-7-5/h2-3,9H,1H3;2-4,8H,1H3. The van der Waals surface area contributed by atoms with Crippen LogP contribution in [0, 0.1) is 24.0 Å². The Hall–Kier alpha value is -2.70. The Kier molecular flexibility index (Phi) is 4.76. The summed E-state index contributed by atoms with van der Waals surface area (Å²) in [4.78, 5) is 16.8. The minimum atomic E-state index is -0.720. The van der Waals surface area contributed by atoms with Gasteiger partial charge in [-0.25, -0.2) is 0 Å². The minimum absolute atomic E-state index is 0.218. The van der Waals surface area contributed by atoms with Crippen LogP contribution in [0.4, 0.5) is 5.82 Å². The first kappa shape index (κ1) is 14.4. The molecule has 7 nitrogen and oxygen atoms in total. The monoisotopic (exact) mass is 263 g/mol. The number of rotatable bonds is 1. The van der Waals surface area contributed by atoms with Gasteiger partial charge in [0.05, 0.1) is 6.20 Å². The van der Waals surface area contributed by atoms with Crippen molar-refractivity contribution in [1.82, 2.24) is 9.97 Å². The predicted molar refractivity (Wildman–Crippen MR) is 67.9 cm³/mol. The summed E-state index contributed by atoms with van der Waals surface area (Å²) in [6, 6.07) is 6.13. The average Bonchev–Trinajstić information content (AvgIpc) is 2.36. The van der Waals surface area contributed by atoms with Gasteiger partial charge in [-0.2, -0.15) is 0 Å². The van der Waals surface area contributed by atoms with Crippen molar-refractivity contribution in [3.8, 4) is 11.5 Å². The van der Waals surface area contributed by atoms with Gasteiger partial charge in [0.1, 0.15) is 11.4 Å². The lowest BCUT2D eigenvalue weighted by Gasteiger charge is -1.94. The molecule has 0 unspecified atom stereocenters. The Bertz CT molecular complexity index is 549. The maximum atomic E-state index is 10.2. The molecule has 0 atom stereocenters. The van der Waals surface area contributed by atoms with Crippen molar-refractivity contribution in [2.75, 3.05) is 0 Å². The molecule has 0 aliphatic heterocycles. The highest BCUT2D eigenvalue weighted by Crippen LogP contribution is 2.21. The number of pyridine rings is 2. The molecule has 0 bridgehead atoms. The Morgan fingerprint density at radius 3 is 2.16 bits per heavy atom. The second-order valence-corrected chi connectivity index (χ2v) is 3.71. The third-order valence-electron chi connectivity index (χ3n) is 2.06. The first-order chi connectivity index (χ1) is 8.90. The molecule has 0 spiro atoms. The molecule has 0 saturated carbocycles. The highest BCUT2D eigenvalue weighted by molar-refractivity contribution is 5.38. The maximum Gasteiger partial charge on any atom is 0.406 e. The Balaban J connectivity index is 0.000000200. The van der Waals surface area contributed by atoms with Crippen LogP contribution in [-0.2, 0) is 0 Å². The molecule has 0 aromatic carbocycles. The van der Waals surface area contributed by atoms with Crippen LogP contribution < -0.4 is 0 Å². The van der Waals surface area contributed by atoms with Crippen LogP contribution in [0.5, 0.6) is 11.5 Å². The van der Waals surface area contributed by atoms with Gasteiger partial charge in [-0.3, -0.25) is 4.98 Å². The molecule has 2 aromatic heterocycles. The summed E-state index contributed by atoms with van der Waals surface area (Å²) in [5.74, 6) is -0.679. The Morgan fingerprint density at radius 2 is 1.74 bits per heavy atom. The molecular weight excluding hydrogens is 250 g/mol. The van der Waals surface area contributed by atoms with Gasteiger partial charge in [0.15, 0.2) is 0 Å². The van der Waals surface area contributed by atoms with Gasteiger partial charge >= 0.3 is 5.82 Å². The van der Waals surface area contributed by atoms with Gasteiger partial charge in [-0.15, -0.1) is 0 Å². The van der Waals surface area contributed by atoms with E-state index >= 15 is 0 Å². The zero-order valence-corrected chi connectivity index (χ0v) is 10.4. The van der Waals surface area contributed by atoms with E-state index in [2.05, 4.69) is 9.97 Å². The normalized spacial score (nSPS) is 9.37. The molecule has 19 heavy (non-hydrogen) atoms. The van der Waals surface area contributed by atoms with Gasteiger partial charge in [0.25, 0.3) is 0 Å². The molecule has 2 N–H and O–H groups in total. The highest BCUT2D eigenvalue weighted by Gasteiger charge is 2.14. The van der Waals surface area contributed by atoms with Gasteiger partial charge in [-0.05, 0) is 41.1 Å². The lowest BCUT2D eigenvalue weighted by molar-refractivity contribution is -0.390. The van der Waals surface area contributed by atoms with E-state index in [0.29, 0.717) is 5.69 Å². The van der Waals surface area contributed by atoms with E-state index in [1.807, 2.05) is 6.92 Å². The molecule has 2 rings (SSSR count). The SMILES string of the molecule is Cc1ccc(O)c([N+](=O)[O-])n1.Cc1ccc(O)cn1. The van der Waals surface area contributed by atoms with Gasteiger partial charge in [-0.1, -0.05) is 0 Å². The number of aromatic hydroxyl groups is 2. The average molecular weight is 263 g/mol. The van der Waals surface area contributed by atoms with Crippen molar-refractivity contribution < 1.29 is 15.1 Å². The summed E-state index contributed by atoms with van der Waals surface area (Å²) in [6.45, 7) is 3.49. The Labute approximate surface area is 109 Å². The Morgan fingerprint density at radius 1 is 1.11 bits per heavy atom. The van der Waals surface area contributed by atoms with Gasteiger partial charge in [0.2, 0.25) is 5.75 Å². The molecule has 0 amide bonds. The van der Waals surface area contributed by atoms with Crippen molar-refractivity contribution in [2.45, 2.75) is 13.8 Å². The van der Waals surface area contributed by atoms with Crippen LogP contribution in [0.15, 0.2) is 30.5 Å². The summed E-state index contributed by atoms with van der Waals surface area (Å²) < 4.78 is 0. The van der Waals surface area contributed by atoms with E-state index in [-0.39, 0.29) is 5.75 Å². The molecule has 0 radical (unpaired) electrons. The summed E-state index contributed by atoms with van der Waals surface area (Å²) >= 11 is 0. The molecule has 0 aliphatic rings. The topological polar surface area (TPSA) is 109 Å². The highest BCUT2D eigenvalue weighted by atomic mass is 16.6. The van der Waals surface area contributed by atoms with Crippen molar-refractivity contribution in [1.29, 1.82) is 0 Å². The number of aryl methyl sites for hydroxylation is 2. The van der Waals surface area contributed by atoms with Crippen molar-refractivity contribution >= 4 is 5.82 Å². The fourth-order valence-corrected chi connectivity index (χ4v) is 1.13. The second-order valence-electron chi connectivity index (χ2n) is 3.71. The first-order valence-electron chi connectivity index (χ1n) is 5.33. The minimum Gasteiger partial charge on any atom is -0.506 e. The predicted octanol–water partition coefficient (Wildman–Crippen LogP) is 2.10. The summed E-state index contributed by atoms with van der Waals surface area (Å²) in [5, 5.41) is 27.8. The summed E-state index contributed by atoms with van der Waals surface area (Å²) in [7, 11) is 0. The van der Waals surface area contributed by atoms with E-state index in [9.17, 15) is 10.1 Å². The van der Waals surface area contributed by atoms with Crippen molar-refractivity contribution in [2.24, 2.45) is 0 Å².